The number of hydrogen-bond donors (Lipinski definition) is 0. The molecule has 0 aliphatic rings. The Kier molecular flexibility index (Phi) is 6.61. The molecule has 10 aromatic rings. The molecule has 3 heteroatoms. The number of anilines is 3. The summed E-state index contributed by atoms with van der Waals surface area (Å²) in [6.45, 7) is 0. The Morgan fingerprint density at radius 1 is 0.347 bits per heavy atom. The van der Waals surface area contributed by atoms with Gasteiger partial charge in [0, 0.05) is 51.7 Å². The molecule has 0 atom stereocenters. The summed E-state index contributed by atoms with van der Waals surface area (Å²) in [5.41, 5.74) is 8.38. The van der Waals surface area contributed by atoms with Crippen molar-refractivity contribution in [2.24, 2.45) is 0 Å². The zero-order valence-corrected chi connectivity index (χ0v) is 28.1. The summed E-state index contributed by atoms with van der Waals surface area (Å²) in [5.74, 6) is 0. The fourth-order valence-corrected chi connectivity index (χ4v) is 9.78. The average Bonchev–Trinajstić information content (AvgIpc) is 3.75. The van der Waals surface area contributed by atoms with Crippen molar-refractivity contribution >= 4 is 90.9 Å². The molecule has 230 valence electrons. The van der Waals surface area contributed by atoms with E-state index in [0.717, 1.165) is 11.4 Å². The van der Waals surface area contributed by atoms with Gasteiger partial charge in [-0.2, -0.15) is 0 Å². The molecular weight excluding hydrogens is 631 g/mol. The van der Waals surface area contributed by atoms with Crippen LogP contribution in [-0.4, -0.2) is 0 Å². The van der Waals surface area contributed by atoms with Crippen LogP contribution in [0.25, 0.3) is 73.4 Å². The molecule has 0 aliphatic heterocycles. The van der Waals surface area contributed by atoms with Crippen LogP contribution in [0.4, 0.5) is 17.1 Å². The quantitative estimate of drug-likeness (QED) is 0.178. The molecule has 0 saturated carbocycles. The van der Waals surface area contributed by atoms with Gasteiger partial charge in [0.2, 0.25) is 0 Å². The van der Waals surface area contributed by atoms with E-state index in [0.29, 0.717) is 0 Å². The van der Waals surface area contributed by atoms with Gasteiger partial charge in [-0.25, -0.2) is 0 Å². The molecule has 0 bridgehead atoms. The number of hydrogen-bond acceptors (Lipinski definition) is 3. The molecule has 0 spiro atoms. The first kappa shape index (κ1) is 28.3. The molecule has 2 aromatic heterocycles. The monoisotopic (exact) mass is 659 g/mol. The van der Waals surface area contributed by atoms with E-state index in [1.165, 1.54) is 79.1 Å². The number of benzene rings is 8. The highest BCUT2D eigenvalue weighted by atomic mass is 32.1. The van der Waals surface area contributed by atoms with Crippen LogP contribution in [0.2, 0.25) is 0 Å². The molecule has 1 nitrogen and oxygen atoms in total. The molecule has 0 amide bonds. The average molecular weight is 660 g/mol. The van der Waals surface area contributed by atoms with E-state index in [-0.39, 0.29) is 0 Å². The first-order chi connectivity index (χ1) is 24.3. The highest BCUT2D eigenvalue weighted by molar-refractivity contribution is 7.27. The zero-order chi connectivity index (χ0) is 32.3. The Labute approximate surface area is 292 Å². The van der Waals surface area contributed by atoms with Gasteiger partial charge in [-0.15, -0.1) is 22.7 Å². The lowest BCUT2D eigenvalue weighted by molar-refractivity contribution is 1.30. The molecule has 0 N–H and O–H groups in total. The van der Waals surface area contributed by atoms with Gasteiger partial charge in [-0.1, -0.05) is 127 Å². The molecular formula is C46H29NS2. The predicted molar refractivity (Wildman–Crippen MR) is 215 cm³/mol. The molecule has 8 aromatic carbocycles. The van der Waals surface area contributed by atoms with E-state index in [4.69, 9.17) is 0 Å². The maximum absolute atomic E-state index is 2.42. The van der Waals surface area contributed by atoms with Gasteiger partial charge >= 0.3 is 0 Å². The maximum Gasteiger partial charge on any atom is 0.0554 e. The summed E-state index contributed by atoms with van der Waals surface area (Å²) in [4.78, 5) is 2.42. The largest absolute Gasteiger partial charge is 0.310 e. The van der Waals surface area contributed by atoms with E-state index in [1.807, 2.05) is 22.7 Å². The van der Waals surface area contributed by atoms with Crippen molar-refractivity contribution in [3.8, 4) is 22.3 Å². The van der Waals surface area contributed by atoms with E-state index >= 15 is 0 Å². The second kappa shape index (κ2) is 11.5. The molecule has 10 rings (SSSR count). The molecule has 0 radical (unpaired) electrons. The van der Waals surface area contributed by atoms with Crippen molar-refractivity contribution in [2.45, 2.75) is 0 Å². The SMILES string of the molecule is c1ccc(-c2ccc(N(c3ccc(-c4cccc5sc6c7ccccc7ccc6c45)cc3)c3cccc4sc5ccccc5c34)cc2)cc1. The lowest BCUT2D eigenvalue weighted by atomic mass is 9.98. The maximum atomic E-state index is 2.42. The minimum Gasteiger partial charge on any atom is -0.310 e. The number of fused-ring (bicyclic) bond motifs is 8. The molecule has 0 fully saturated rings. The lowest BCUT2D eigenvalue weighted by Gasteiger charge is -2.27. The van der Waals surface area contributed by atoms with Gasteiger partial charge in [0.1, 0.15) is 0 Å². The van der Waals surface area contributed by atoms with Crippen LogP contribution in [0.3, 0.4) is 0 Å². The minimum atomic E-state index is 1.13. The Balaban J connectivity index is 1.14. The molecule has 2 heterocycles. The second-order valence-corrected chi connectivity index (χ2v) is 14.6. The second-order valence-electron chi connectivity index (χ2n) is 12.5. The number of thiophene rings is 2. The van der Waals surface area contributed by atoms with Crippen LogP contribution in [0.1, 0.15) is 0 Å². The Morgan fingerprint density at radius 3 is 1.76 bits per heavy atom. The summed E-state index contributed by atoms with van der Waals surface area (Å²) in [7, 11) is 0. The standard InChI is InChI=1S/C46H29NS2/c1-2-10-30(11-3-1)31-20-25-34(26-21-31)47(40-16-9-19-43-45(40)38-14-6-7-17-41(38)48-43)35-27-22-33(23-28-35)36-15-8-18-42-44(36)39-29-24-32-12-4-5-13-37(32)46(39)49-42/h1-29H. The van der Waals surface area contributed by atoms with Gasteiger partial charge in [0.25, 0.3) is 0 Å². The molecule has 49 heavy (non-hydrogen) atoms. The highest BCUT2D eigenvalue weighted by Crippen LogP contribution is 2.46. The minimum absolute atomic E-state index is 1.13. The predicted octanol–water partition coefficient (Wildman–Crippen LogP) is 14.4. The Bertz CT molecular complexity index is 2810. The van der Waals surface area contributed by atoms with Crippen molar-refractivity contribution < 1.29 is 0 Å². The van der Waals surface area contributed by atoms with E-state index < -0.39 is 0 Å². The van der Waals surface area contributed by atoms with Crippen molar-refractivity contribution in [3.05, 3.63) is 176 Å². The molecule has 0 aliphatic carbocycles. The Hall–Kier alpha value is -5.74. The molecule has 0 saturated heterocycles. The van der Waals surface area contributed by atoms with Crippen LogP contribution in [0.5, 0.6) is 0 Å². The first-order valence-corrected chi connectivity index (χ1v) is 18.2. The topological polar surface area (TPSA) is 3.24 Å². The number of nitrogens with zero attached hydrogens (tertiary/aromatic N) is 1. The summed E-state index contributed by atoms with van der Waals surface area (Å²) < 4.78 is 5.29. The van der Waals surface area contributed by atoms with Crippen molar-refractivity contribution in [1.29, 1.82) is 0 Å². The third-order valence-corrected chi connectivity index (χ3v) is 12.0. The lowest BCUT2D eigenvalue weighted by Crippen LogP contribution is -2.10. The fourth-order valence-electron chi connectivity index (χ4n) is 7.39. The van der Waals surface area contributed by atoms with E-state index in [1.54, 1.807) is 0 Å². The van der Waals surface area contributed by atoms with Crippen LogP contribution in [-0.2, 0) is 0 Å². The van der Waals surface area contributed by atoms with Gasteiger partial charge in [-0.05, 0) is 81.6 Å². The fraction of sp³-hybridized carbons (Fsp3) is 0. The van der Waals surface area contributed by atoms with E-state index in [9.17, 15) is 0 Å². The Morgan fingerprint density at radius 2 is 0.959 bits per heavy atom. The van der Waals surface area contributed by atoms with Crippen LogP contribution >= 0.6 is 22.7 Å². The van der Waals surface area contributed by atoms with Crippen LogP contribution in [0, 0.1) is 0 Å². The third kappa shape index (κ3) is 4.66. The van der Waals surface area contributed by atoms with Gasteiger partial charge in [-0.3, -0.25) is 0 Å². The zero-order valence-electron chi connectivity index (χ0n) is 26.5. The number of rotatable bonds is 5. The van der Waals surface area contributed by atoms with E-state index in [2.05, 4.69) is 181 Å². The van der Waals surface area contributed by atoms with Gasteiger partial charge < -0.3 is 4.90 Å². The third-order valence-electron chi connectivity index (χ3n) is 9.68. The first-order valence-electron chi connectivity index (χ1n) is 16.6. The van der Waals surface area contributed by atoms with Gasteiger partial charge in [0.15, 0.2) is 0 Å². The van der Waals surface area contributed by atoms with Crippen molar-refractivity contribution in [1.82, 2.24) is 0 Å². The summed E-state index contributed by atoms with van der Waals surface area (Å²) in [6.07, 6.45) is 0. The van der Waals surface area contributed by atoms with Crippen LogP contribution < -0.4 is 4.90 Å². The highest BCUT2D eigenvalue weighted by Gasteiger charge is 2.19. The van der Waals surface area contributed by atoms with Gasteiger partial charge in [0.05, 0.1) is 5.69 Å². The summed E-state index contributed by atoms with van der Waals surface area (Å²) >= 11 is 3.76. The van der Waals surface area contributed by atoms with Crippen LogP contribution in [0.15, 0.2) is 176 Å². The normalized spacial score (nSPS) is 11.7. The van der Waals surface area contributed by atoms with Crippen molar-refractivity contribution in [3.63, 3.8) is 0 Å². The summed E-state index contributed by atoms with van der Waals surface area (Å²) in [6, 6.07) is 64.3. The smallest absolute Gasteiger partial charge is 0.0554 e. The summed E-state index contributed by atoms with van der Waals surface area (Å²) in [5, 5.41) is 7.87. The molecule has 0 unspecified atom stereocenters. The van der Waals surface area contributed by atoms with Crippen molar-refractivity contribution in [2.75, 3.05) is 4.90 Å².